The summed E-state index contributed by atoms with van der Waals surface area (Å²) in [5.74, 6) is -1.69. The van der Waals surface area contributed by atoms with Crippen LogP contribution in [-0.2, 0) is 16.1 Å². The normalized spacial score (nSPS) is 18.2. The van der Waals surface area contributed by atoms with E-state index in [0.717, 1.165) is 0 Å². The lowest BCUT2D eigenvalue weighted by Crippen LogP contribution is -2.53. The van der Waals surface area contributed by atoms with Gasteiger partial charge in [-0.25, -0.2) is 9.18 Å². The molecule has 1 aromatic heterocycles. The van der Waals surface area contributed by atoms with Crippen LogP contribution in [0, 0.1) is 11.7 Å². The van der Waals surface area contributed by atoms with Crippen LogP contribution in [0.4, 0.5) is 9.18 Å². The molecule has 2 aromatic carbocycles. The Kier molecular flexibility index (Phi) is 9.65. The first-order valence-corrected chi connectivity index (χ1v) is 14.0. The Morgan fingerprint density at radius 2 is 1.88 bits per heavy atom. The van der Waals surface area contributed by atoms with Gasteiger partial charge >= 0.3 is 6.03 Å². The summed E-state index contributed by atoms with van der Waals surface area (Å²) >= 11 is 6.03. The molecule has 1 aliphatic heterocycles. The number of amides is 4. The van der Waals surface area contributed by atoms with E-state index in [-0.39, 0.29) is 36.6 Å². The molecule has 0 bridgehead atoms. The Balaban J connectivity index is 1.39. The number of Topliss-reactive ketones (excluding diaryl/α,β-unsaturated/α-hetero) is 1. The number of halogens is 2. The van der Waals surface area contributed by atoms with Crippen molar-refractivity contribution in [2.75, 3.05) is 6.54 Å². The summed E-state index contributed by atoms with van der Waals surface area (Å²) in [6, 6.07) is 10.2. The molecule has 0 radical (unpaired) electrons. The van der Waals surface area contributed by atoms with Crippen LogP contribution in [0.1, 0.15) is 56.2 Å². The van der Waals surface area contributed by atoms with E-state index < -0.39 is 35.7 Å². The summed E-state index contributed by atoms with van der Waals surface area (Å²) < 4.78 is 19.6. The van der Waals surface area contributed by atoms with Gasteiger partial charge in [-0.3, -0.25) is 14.4 Å². The lowest BCUT2D eigenvalue weighted by atomic mass is 10.0. The van der Waals surface area contributed by atoms with E-state index >= 15 is 0 Å². The van der Waals surface area contributed by atoms with Crippen LogP contribution in [0.3, 0.4) is 0 Å². The second kappa shape index (κ2) is 13.2. The summed E-state index contributed by atoms with van der Waals surface area (Å²) in [7, 11) is 0. The zero-order valence-electron chi connectivity index (χ0n) is 23.2. The Labute approximate surface area is 242 Å². The largest absolute Gasteiger partial charge is 0.451 e. The SMILES string of the molecule is CC(C)C[C@H](NC(=O)c1cc2cc(Cl)ccc2o1)C(=O)N[C@H]1CC[C@@H](C)N(C(=O)NCc2ccccc2F)CC1=O. The van der Waals surface area contributed by atoms with Gasteiger partial charge in [0.15, 0.2) is 11.5 Å². The number of nitrogens with zero attached hydrogens (tertiary/aromatic N) is 1. The minimum Gasteiger partial charge on any atom is -0.451 e. The molecule has 0 saturated carbocycles. The molecule has 3 aromatic rings. The van der Waals surface area contributed by atoms with Crippen molar-refractivity contribution in [3.05, 3.63) is 70.7 Å². The Hall–Kier alpha value is -3.92. The number of furan rings is 1. The smallest absolute Gasteiger partial charge is 0.318 e. The number of nitrogens with one attached hydrogen (secondary N) is 3. The van der Waals surface area contributed by atoms with E-state index in [1.54, 1.807) is 42.5 Å². The maximum absolute atomic E-state index is 13.9. The first-order chi connectivity index (χ1) is 19.5. The third-order valence-electron chi connectivity index (χ3n) is 7.12. The molecule has 4 rings (SSSR count). The molecule has 11 heteroatoms. The average molecular weight is 585 g/mol. The first kappa shape index (κ1) is 30.0. The Morgan fingerprint density at radius 1 is 1.12 bits per heavy atom. The molecule has 0 aliphatic carbocycles. The van der Waals surface area contributed by atoms with Crippen LogP contribution in [0.15, 0.2) is 52.9 Å². The van der Waals surface area contributed by atoms with E-state index in [1.807, 2.05) is 20.8 Å². The van der Waals surface area contributed by atoms with E-state index in [9.17, 15) is 23.6 Å². The maximum Gasteiger partial charge on any atom is 0.318 e. The minimum absolute atomic E-state index is 0.0159. The standard InChI is InChI=1S/C30H34ClFN4O5/c1-17(2)12-24(35-29(39)27-14-20-13-21(31)9-11-26(20)41-27)28(38)34-23-10-8-18(3)36(16-25(23)37)30(40)33-15-19-6-4-5-7-22(19)32/h4-7,9,11,13-14,17-18,23-24H,8,10,12,15-16H2,1-3H3,(H,33,40)(H,34,38)(H,35,39)/t18-,23+,24+/m1/s1. The molecule has 0 spiro atoms. The Morgan fingerprint density at radius 3 is 2.61 bits per heavy atom. The van der Waals surface area contributed by atoms with Gasteiger partial charge in [0.2, 0.25) is 5.91 Å². The van der Waals surface area contributed by atoms with Crippen LogP contribution < -0.4 is 16.0 Å². The first-order valence-electron chi connectivity index (χ1n) is 13.6. The van der Waals surface area contributed by atoms with Crippen molar-refractivity contribution in [2.45, 2.75) is 64.7 Å². The van der Waals surface area contributed by atoms with Crippen molar-refractivity contribution in [2.24, 2.45) is 5.92 Å². The summed E-state index contributed by atoms with van der Waals surface area (Å²) in [5.41, 5.74) is 0.828. The molecule has 218 valence electrons. The van der Waals surface area contributed by atoms with Crippen molar-refractivity contribution in [3.8, 4) is 0 Å². The number of rotatable bonds is 8. The van der Waals surface area contributed by atoms with Crippen LogP contribution in [-0.4, -0.2) is 53.2 Å². The van der Waals surface area contributed by atoms with Gasteiger partial charge in [-0.15, -0.1) is 0 Å². The van der Waals surface area contributed by atoms with E-state index in [4.69, 9.17) is 16.0 Å². The van der Waals surface area contributed by atoms with Crippen molar-refractivity contribution < 1.29 is 28.0 Å². The predicted molar refractivity (Wildman–Crippen MR) is 153 cm³/mol. The van der Waals surface area contributed by atoms with E-state index in [1.165, 1.54) is 11.0 Å². The van der Waals surface area contributed by atoms with Gasteiger partial charge in [-0.2, -0.15) is 0 Å². The van der Waals surface area contributed by atoms with Crippen LogP contribution in [0.25, 0.3) is 11.0 Å². The second-order valence-electron chi connectivity index (χ2n) is 10.8. The van der Waals surface area contributed by atoms with Crippen molar-refractivity contribution in [1.29, 1.82) is 0 Å². The fourth-order valence-corrected chi connectivity index (χ4v) is 5.01. The molecule has 1 fully saturated rings. The third-order valence-corrected chi connectivity index (χ3v) is 7.35. The Bertz CT molecular complexity index is 1440. The van der Waals surface area contributed by atoms with Crippen LogP contribution in [0.2, 0.25) is 5.02 Å². The zero-order valence-corrected chi connectivity index (χ0v) is 24.0. The van der Waals surface area contributed by atoms with Gasteiger partial charge in [0.05, 0.1) is 12.6 Å². The highest BCUT2D eigenvalue weighted by molar-refractivity contribution is 6.31. The molecule has 0 unspecified atom stereocenters. The fraction of sp³-hybridized carbons (Fsp3) is 0.400. The molecule has 1 aliphatic rings. The number of likely N-dealkylation sites (tertiary alicyclic amines) is 1. The number of fused-ring (bicyclic) bond motifs is 1. The summed E-state index contributed by atoms with van der Waals surface area (Å²) in [5, 5.41) is 9.37. The molecular formula is C30H34ClFN4O5. The third kappa shape index (κ3) is 7.64. The highest BCUT2D eigenvalue weighted by atomic mass is 35.5. The molecule has 9 nitrogen and oxygen atoms in total. The van der Waals surface area contributed by atoms with Crippen molar-refractivity contribution >= 4 is 46.2 Å². The fourth-order valence-electron chi connectivity index (χ4n) is 4.83. The maximum atomic E-state index is 13.9. The van der Waals surface area contributed by atoms with Crippen molar-refractivity contribution in [1.82, 2.24) is 20.9 Å². The zero-order chi connectivity index (χ0) is 29.7. The molecule has 3 atom stereocenters. The van der Waals surface area contributed by atoms with Gasteiger partial charge < -0.3 is 25.3 Å². The summed E-state index contributed by atoms with van der Waals surface area (Å²) in [4.78, 5) is 53.7. The number of carbonyl (C=O) groups excluding carboxylic acids is 4. The van der Waals surface area contributed by atoms with Gasteiger partial charge in [-0.1, -0.05) is 43.6 Å². The molecule has 4 amide bonds. The topological polar surface area (TPSA) is 121 Å². The van der Waals surface area contributed by atoms with Gasteiger partial charge in [0, 0.05) is 28.6 Å². The van der Waals surface area contributed by atoms with Gasteiger partial charge in [-0.05, 0) is 62.4 Å². The summed E-state index contributed by atoms with van der Waals surface area (Å²) in [6.45, 7) is 5.44. The average Bonchev–Trinajstić information content (AvgIpc) is 3.29. The molecule has 3 N–H and O–H groups in total. The molecular weight excluding hydrogens is 551 g/mol. The van der Waals surface area contributed by atoms with Gasteiger partial charge in [0.25, 0.3) is 5.91 Å². The highest BCUT2D eigenvalue weighted by Gasteiger charge is 2.34. The highest BCUT2D eigenvalue weighted by Crippen LogP contribution is 2.23. The number of ketones is 1. The van der Waals surface area contributed by atoms with E-state index in [2.05, 4.69) is 16.0 Å². The quantitative estimate of drug-likeness (QED) is 0.351. The predicted octanol–water partition coefficient (Wildman–Crippen LogP) is 4.82. The van der Waals surface area contributed by atoms with Crippen LogP contribution in [0.5, 0.6) is 0 Å². The molecule has 2 heterocycles. The monoisotopic (exact) mass is 584 g/mol. The number of hydrogen-bond acceptors (Lipinski definition) is 5. The minimum atomic E-state index is -0.909. The number of hydrogen-bond donors (Lipinski definition) is 3. The van der Waals surface area contributed by atoms with Crippen LogP contribution >= 0.6 is 11.6 Å². The lowest BCUT2D eigenvalue weighted by molar-refractivity contribution is -0.129. The number of carbonyl (C=O) groups is 4. The number of benzene rings is 2. The molecule has 1 saturated heterocycles. The lowest BCUT2D eigenvalue weighted by Gasteiger charge is -2.26. The van der Waals surface area contributed by atoms with E-state index in [0.29, 0.717) is 40.8 Å². The second-order valence-corrected chi connectivity index (χ2v) is 11.2. The van der Waals surface area contributed by atoms with Crippen molar-refractivity contribution in [3.63, 3.8) is 0 Å². The summed E-state index contributed by atoms with van der Waals surface area (Å²) in [6.07, 6.45) is 1.13. The number of urea groups is 1. The molecule has 41 heavy (non-hydrogen) atoms. The van der Waals surface area contributed by atoms with Gasteiger partial charge in [0.1, 0.15) is 17.4 Å².